The van der Waals surface area contributed by atoms with E-state index in [4.69, 9.17) is 41.7 Å². The molecule has 0 radical (unpaired) electrons. The van der Waals surface area contributed by atoms with Gasteiger partial charge in [-0.1, -0.05) is 0 Å². The Labute approximate surface area is 263 Å². The first-order chi connectivity index (χ1) is 20.0. The summed E-state index contributed by atoms with van der Waals surface area (Å²) in [5.41, 5.74) is 0. The summed E-state index contributed by atoms with van der Waals surface area (Å²) in [4.78, 5) is 35.3. The van der Waals surface area contributed by atoms with E-state index < -0.39 is 104 Å². The highest BCUT2D eigenvalue weighted by Gasteiger charge is 2.55. The van der Waals surface area contributed by atoms with Crippen LogP contribution >= 0.6 is 0 Å². The smallest absolute Gasteiger partial charge is 0.303 e. The summed E-state index contributed by atoms with van der Waals surface area (Å²) in [6, 6.07) is 0. The molecule has 0 aliphatic carbocycles. The molecule has 0 aromatic rings. The molecule has 0 amide bonds. The van der Waals surface area contributed by atoms with E-state index in [1.165, 1.54) is 13.8 Å². The summed E-state index contributed by atoms with van der Waals surface area (Å²) in [7, 11) is -6.89. The van der Waals surface area contributed by atoms with Gasteiger partial charge in [-0.25, -0.2) is 0 Å². The summed E-state index contributed by atoms with van der Waals surface area (Å²) in [6.07, 6.45) is -11.8. The van der Waals surface area contributed by atoms with Crippen molar-refractivity contribution in [3.05, 3.63) is 0 Å². The molecular formula is C27H52O14Si3. The number of carbonyl (C=O) groups excluding carboxylic acids is 3. The highest BCUT2D eigenvalue weighted by molar-refractivity contribution is 6.70. The Morgan fingerprint density at radius 2 is 1.02 bits per heavy atom. The number of esters is 3. The lowest BCUT2D eigenvalue weighted by Crippen LogP contribution is -2.68. The lowest BCUT2D eigenvalue weighted by molar-refractivity contribution is -0.351. The van der Waals surface area contributed by atoms with Gasteiger partial charge in [0.2, 0.25) is 0 Å². The number of hydrogen-bond acceptors (Lipinski definition) is 14. The number of carbonyl (C=O) groups is 3. The normalized spacial score (nSPS) is 33.4. The van der Waals surface area contributed by atoms with E-state index in [0.717, 1.165) is 6.92 Å². The Kier molecular flexibility index (Phi) is 13.8. The molecule has 10 atom stereocenters. The van der Waals surface area contributed by atoms with Crippen LogP contribution < -0.4 is 0 Å². The first-order valence-electron chi connectivity index (χ1n) is 14.8. The number of aliphatic hydroxyl groups is 2. The second-order valence-electron chi connectivity index (χ2n) is 14.0. The molecule has 1 unspecified atom stereocenters. The second-order valence-corrected chi connectivity index (χ2v) is 27.3. The average molecular weight is 685 g/mol. The standard InChI is InChI=1S/C27H52O14Si3/c1-15(28)33-13-18-21(20(31)23(26(32)36-18)35-17(3)30)38-27-25(41-44(10,11)12)24(40-43(7,8)9)22(39-42(4,5)6)19(37-27)14-34-16(2)29/h18-27,31-32H,13-14H2,1-12H3/t18-,19-,20+,21-,22+,23-,24+,25-,26?,27+/m1/s1. The first kappa shape index (κ1) is 38.9. The minimum atomic E-state index is -2.35. The molecule has 0 spiro atoms. The van der Waals surface area contributed by atoms with Crippen LogP contribution in [-0.2, 0) is 56.1 Å². The van der Waals surface area contributed by atoms with Crippen LogP contribution in [0, 0.1) is 0 Å². The second kappa shape index (κ2) is 15.6. The van der Waals surface area contributed by atoms with Crippen molar-refractivity contribution in [1.29, 1.82) is 0 Å². The lowest BCUT2D eigenvalue weighted by atomic mass is 9.97. The van der Waals surface area contributed by atoms with Crippen molar-refractivity contribution in [2.45, 2.75) is 141 Å². The molecular weight excluding hydrogens is 633 g/mol. The zero-order valence-electron chi connectivity index (χ0n) is 28.0. The molecule has 0 bridgehead atoms. The van der Waals surface area contributed by atoms with Gasteiger partial charge < -0.3 is 51.9 Å². The minimum absolute atomic E-state index is 0.176. The van der Waals surface area contributed by atoms with Gasteiger partial charge in [0.25, 0.3) is 0 Å². The third kappa shape index (κ3) is 12.5. The fourth-order valence-electron chi connectivity index (χ4n) is 4.83. The van der Waals surface area contributed by atoms with E-state index in [2.05, 4.69) is 0 Å². The Hall–Kier alpha value is -1.26. The Morgan fingerprint density at radius 3 is 1.45 bits per heavy atom. The minimum Gasteiger partial charge on any atom is -0.463 e. The Bertz CT molecular complexity index is 976. The molecule has 14 nitrogen and oxygen atoms in total. The van der Waals surface area contributed by atoms with Gasteiger partial charge >= 0.3 is 17.9 Å². The van der Waals surface area contributed by atoms with E-state index in [1.54, 1.807) is 0 Å². The molecule has 0 aromatic heterocycles. The van der Waals surface area contributed by atoms with Gasteiger partial charge in [-0.3, -0.25) is 14.4 Å². The molecule has 2 rings (SSSR count). The number of rotatable bonds is 13. The van der Waals surface area contributed by atoms with Crippen molar-refractivity contribution in [1.82, 2.24) is 0 Å². The topological polar surface area (TPSA) is 175 Å². The lowest BCUT2D eigenvalue weighted by Gasteiger charge is -2.52. The van der Waals surface area contributed by atoms with Crippen LogP contribution in [0.5, 0.6) is 0 Å². The van der Waals surface area contributed by atoms with Gasteiger partial charge in [-0.05, 0) is 58.9 Å². The predicted molar refractivity (Wildman–Crippen MR) is 164 cm³/mol. The SMILES string of the molecule is CC(=O)OC[C@H]1O[C@@H](O[C@H]2[C@H](O)[C@@H](OC(C)=O)C(O)O[C@@H]2COC(C)=O)[C@H](O[Si](C)(C)C)[C@@H](O[Si](C)(C)C)[C@H]1O[Si](C)(C)C. The van der Waals surface area contributed by atoms with Crippen molar-refractivity contribution in [2.75, 3.05) is 13.2 Å². The predicted octanol–water partition coefficient (Wildman–Crippen LogP) is 1.89. The van der Waals surface area contributed by atoms with Gasteiger partial charge in [0, 0.05) is 20.8 Å². The van der Waals surface area contributed by atoms with Crippen molar-refractivity contribution >= 4 is 42.9 Å². The molecule has 256 valence electrons. The van der Waals surface area contributed by atoms with Crippen molar-refractivity contribution in [3.63, 3.8) is 0 Å². The maximum absolute atomic E-state index is 11.9. The van der Waals surface area contributed by atoms with Crippen LogP contribution in [0.3, 0.4) is 0 Å². The average Bonchev–Trinajstić information content (AvgIpc) is 2.82. The van der Waals surface area contributed by atoms with Crippen LogP contribution in [0.1, 0.15) is 20.8 Å². The largest absolute Gasteiger partial charge is 0.463 e. The summed E-state index contributed by atoms with van der Waals surface area (Å²) in [6.45, 7) is 21.2. The van der Waals surface area contributed by atoms with Gasteiger partial charge in [-0.2, -0.15) is 0 Å². The molecule has 2 heterocycles. The highest BCUT2D eigenvalue weighted by atomic mass is 28.4. The monoisotopic (exact) mass is 684 g/mol. The summed E-state index contributed by atoms with van der Waals surface area (Å²) < 4.78 is 54.2. The van der Waals surface area contributed by atoms with Crippen LogP contribution in [-0.4, -0.2) is 128 Å². The van der Waals surface area contributed by atoms with E-state index in [-0.39, 0.29) is 13.2 Å². The fraction of sp³-hybridized carbons (Fsp3) is 0.889. The Balaban J connectivity index is 2.64. The van der Waals surface area contributed by atoms with Crippen LogP contribution in [0.25, 0.3) is 0 Å². The molecule has 2 aliphatic rings. The molecule has 0 saturated carbocycles. The molecule has 2 fully saturated rings. The van der Waals surface area contributed by atoms with Gasteiger partial charge in [0.1, 0.15) is 55.9 Å². The maximum Gasteiger partial charge on any atom is 0.303 e. The third-order valence-corrected chi connectivity index (χ3v) is 9.13. The molecule has 44 heavy (non-hydrogen) atoms. The van der Waals surface area contributed by atoms with Crippen molar-refractivity contribution < 1.29 is 66.3 Å². The van der Waals surface area contributed by atoms with E-state index in [0.29, 0.717) is 0 Å². The molecule has 2 saturated heterocycles. The van der Waals surface area contributed by atoms with Crippen LogP contribution in [0.2, 0.25) is 58.9 Å². The first-order valence-corrected chi connectivity index (χ1v) is 25.0. The summed E-state index contributed by atoms with van der Waals surface area (Å²) in [5.74, 6) is -1.90. The molecule has 0 aromatic carbocycles. The van der Waals surface area contributed by atoms with Gasteiger partial charge in [-0.15, -0.1) is 0 Å². The van der Waals surface area contributed by atoms with E-state index >= 15 is 0 Å². The van der Waals surface area contributed by atoms with Crippen LogP contribution in [0.4, 0.5) is 0 Å². The fourth-order valence-corrected chi connectivity index (χ4v) is 8.08. The molecule has 2 N–H and O–H groups in total. The van der Waals surface area contributed by atoms with Gasteiger partial charge in [0.05, 0.1) is 0 Å². The zero-order chi connectivity index (χ0) is 33.8. The quantitative estimate of drug-likeness (QED) is 0.163. The van der Waals surface area contributed by atoms with Crippen molar-refractivity contribution in [3.8, 4) is 0 Å². The summed E-state index contributed by atoms with van der Waals surface area (Å²) in [5, 5.41) is 21.9. The Morgan fingerprint density at radius 1 is 0.591 bits per heavy atom. The third-order valence-electron chi connectivity index (χ3n) is 6.19. The van der Waals surface area contributed by atoms with Crippen LogP contribution in [0.15, 0.2) is 0 Å². The van der Waals surface area contributed by atoms with E-state index in [9.17, 15) is 24.6 Å². The summed E-state index contributed by atoms with van der Waals surface area (Å²) >= 11 is 0. The van der Waals surface area contributed by atoms with Gasteiger partial charge in [0.15, 0.2) is 43.6 Å². The number of ether oxygens (including phenoxy) is 6. The molecule has 2 aliphatic heterocycles. The number of hydrogen-bond donors (Lipinski definition) is 2. The number of aliphatic hydroxyl groups excluding tert-OH is 2. The highest BCUT2D eigenvalue weighted by Crippen LogP contribution is 2.36. The maximum atomic E-state index is 11.9. The van der Waals surface area contributed by atoms with E-state index in [1.807, 2.05) is 58.9 Å². The zero-order valence-corrected chi connectivity index (χ0v) is 31.0. The molecule has 17 heteroatoms. The van der Waals surface area contributed by atoms with Crippen molar-refractivity contribution in [2.24, 2.45) is 0 Å².